The van der Waals surface area contributed by atoms with E-state index < -0.39 is 9.84 Å². The van der Waals surface area contributed by atoms with Gasteiger partial charge in [0.05, 0.1) is 28.2 Å². The monoisotopic (exact) mass is 498 g/mol. The van der Waals surface area contributed by atoms with Gasteiger partial charge in [-0.05, 0) is 68.0 Å². The summed E-state index contributed by atoms with van der Waals surface area (Å²) in [5.74, 6) is 1.69. The Bertz CT molecular complexity index is 1650. The Hall–Kier alpha value is -3.72. The number of anilines is 2. The molecule has 2 aliphatic carbocycles. The van der Waals surface area contributed by atoms with Gasteiger partial charge in [-0.15, -0.1) is 0 Å². The van der Waals surface area contributed by atoms with Gasteiger partial charge >= 0.3 is 0 Å². The first-order valence-corrected chi connectivity index (χ1v) is 13.9. The van der Waals surface area contributed by atoms with Crippen LogP contribution in [-0.2, 0) is 16.4 Å². The molecule has 36 heavy (non-hydrogen) atoms. The lowest BCUT2D eigenvalue weighted by Gasteiger charge is -2.20. The van der Waals surface area contributed by atoms with Crippen LogP contribution in [0, 0.1) is 12.8 Å². The summed E-state index contributed by atoms with van der Waals surface area (Å²) in [5.41, 5.74) is 6.29. The Morgan fingerprint density at radius 3 is 2.81 bits per heavy atom. The standard InChI is InChI=1S/C27H26N6O2S/c1-16-8-9-28-27(30-16)22-11-21(22)24-15-36(34,35)25-6-5-19(10-23(25)32-24)29-12-20-14-33-13-18(17-2-3-17)4-7-26(33)31-20/h4-10,13-15,17,21-22,29,32H,2-3,11-12H2,1H3/t21-,22-/m0/s1. The van der Waals surface area contributed by atoms with E-state index in [1.165, 1.54) is 23.8 Å². The lowest BCUT2D eigenvalue weighted by Crippen LogP contribution is -2.15. The second-order valence-electron chi connectivity index (χ2n) is 10.0. The first-order valence-electron chi connectivity index (χ1n) is 12.3. The van der Waals surface area contributed by atoms with Crippen molar-refractivity contribution in [2.24, 2.45) is 5.92 Å². The molecule has 3 aliphatic rings. The topological polar surface area (TPSA) is 101 Å². The highest BCUT2D eigenvalue weighted by Crippen LogP contribution is 2.52. The molecule has 2 N–H and O–H groups in total. The van der Waals surface area contributed by atoms with E-state index in [0.29, 0.717) is 28.7 Å². The number of allylic oxidation sites excluding steroid dienone is 1. The summed E-state index contributed by atoms with van der Waals surface area (Å²) in [7, 11) is -3.53. The third-order valence-corrected chi connectivity index (χ3v) is 8.76. The number of benzene rings is 1. The molecule has 0 spiro atoms. The van der Waals surface area contributed by atoms with Crippen LogP contribution in [0.5, 0.6) is 0 Å². The average Bonchev–Trinajstić information content (AvgIpc) is 3.78. The number of sulfone groups is 1. The Labute approximate surface area is 209 Å². The van der Waals surface area contributed by atoms with E-state index in [2.05, 4.69) is 49.5 Å². The number of hydrogen-bond donors (Lipinski definition) is 2. The maximum absolute atomic E-state index is 13.0. The normalized spacial score (nSPS) is 22.0. The van der Waals surface area contributed by atoms with Crippen molar-refractivity contribution in [3.05, 3.63) is 88.9 Å². The number of rotatable bonds is 6. The largest absolute Gasteiger partial charge is 0.379 e. The molecule has 0 saturated heterocycles. The van der Waals surface area contributed by atoms with Crippen molar-refractivity contribution in [2.75, 3.05) is 10.6 Å². The summed E-state index contributed by atoms with van der Waals surface area (Å²) < 4.78 is 28.1. The number of fused-ring (bicyclic) bond motifs is 2. The molecule has 182 valence electrons. The van der Waals surface area contributed by atoms with Gasteiger partial charge in [0.25, 0.3) is 0 Å². The molecule has 0 amide bonds. The number of nitrogens with zero attached hydrogens (tertiary/aromatic N) is 4. The minimum absolute atomic E-state index is 0.0739. The van der Waals surface area contributed by atoms with Crippen LogP contribution >= 0.6 is 0 Å². The van der Waals surface area contributed by atoms with E-state index in [9.17, 15) is 8.42 Å². The van der Waals surface area contributed by atoms with Crippen LogP contribution in [0.15, 0.2) is 71.0 Å². The van der Waals surface area contributed by atoms with Crippen LogP contribution in [0.2, 0.25) is 0 Å². The summed E-state index contributed by atoms with van der Waals surface area (Å²) >= 11 is 0. The Morgan fingerprint density at radius 2 is 1.97 bits per heavy atom. The van der Waals surface area contributed by atoms with Crippen molar-refractivity contribution in [3.63, 3.8) is 0 Å². The fourth-order valence-corrected chi connectivity index (χ4v) is 6.42. The molecule has 0 radical (unpaired) electrons. The Balaban J connectivity index is 1.08. The Morgan fingerprint density at radius 1 is 1.08 bits per heavy atom. The molecule has 2 saturated carbocycles. The zero-order valence-corrected chi connectivity index (χ0v) is 20.7. The molecule has 7 rings (SSSR count). The maximum atomic E-state index is 13.0. The Kier molecular flexibility index (Phi) is 4.73. The lowest BCUT2D eigenvalue weighted by molar-refractivity contribution is 0.603. The fraction of sp³-hybridized carbons (Fsp3) is 0.296. The first kappa shape index (κ1) is 21.6. The zero-order valence-electron chi connectivity index (χ0n) is 19.8. The smallest absolute Gasteiger partial charge is 0.203 e. The quantitative estimate of drug-likeness (QED) is 0.395. The van der Waals surface area contributed by atoms with Gasteiger partial charge in [0.15, 0.2) is 0 Å². The highest BCUT2D eigenvalue weighted by molar-refractivity contribution is 7.94. The molecule has 9 heteroatoms. The van der Waals surface area contributed by atoms with E-state index in [1.54, 1.807) is 18.3 Å². The summed E-state index contributed by atoms with van der Waals surface area (Å²) in [6, 6.07) is 11.4. The molecule has 2 fully saturated rings. The number of aromatic nitrogens is 4. The highest BCUT2D eigenvalue weighted by Gasteiger charge is 2.45. The highest BCUT2D eigenvalue weighted by atomic mass is 32.2. The number of hydrogen-bond acceptors (Lipinski definition) is 7. The number of imidazole rings is 1. The van der Waals surface area contributed by atoms with Crippen molar-refractivity contribution >= 4 is 26.9 Å². The summed E-state index contributed by atoms with van der Waals surface area (Å²) in [6.07, 6.45) is 9.37. The molecule has 3 aromatic heterocycles. The van der Waals surface area contributed by atoms with Gasteiger partial charge < -0.3 is 15.0 Å². The molecule has 0 bridgehead atoms. The minimum Gasteiger partial charge on any atom is -0.379 e. The molecule has 1 aliphatic heterocycles. The average molecular weight is 499 g/mol. The fourth-order valence-electron chi connectivity index (χ4n) is 5.05. The van der Waals surface area contributed by atoms with E-state index in [4.69, 9.17) is 4.98 Å². The van der Waals surface area contributed by atoms with Gasteiger partial charge in [-0.1, -0.05) is 6.07 Å². The summed E-state index contributed by atoms with van der Waals surface area (Å²) in [4.78, 5) is 13.9. The predicted molar refractivity (Wildman–Crippen MR) is 137 cm³/mol. The van der Waals surface area contributed by atoms with Crippen molar-refractivity contribution in [2.45, 2.75) is 49.5 Å². The van der Waals surface area contributed by atoms with Gasteiger partial charge in [0.2, 0.25) is 9.84 Å². The molecule has 8 nitrogen and oxygen atoms in total. The number of nitrogens with one attached hydrogen (secondary N) is 2. The van der Waals surface area contributed by atoms with Crippen LogP contribution in [0.25, 0.3) is 5.65 Å². The van der Waals surface area contributed by atoms with Gasteiger partial charge in [0, 0.05) is 47.5 Å². The van der Waals surface area contributed by atoms with Crippen molar-refractivity contribution in [1.29, 1.82) is 0 Å². The van der Waals surface area contributed by atoms with E-state index >= 15 is 0 Å². The van der Waals surface area contributed by atoms with Crippen LogP contribution in [0.1, 0.15) is 53.9 Å². The molecular weight excluding hydrogens is 472 g/mol. The number of aryl methyl sites for hydroxylation is 1. The first-order chi connectivity index (χ1) is 17.4. The van der Waals surface area contributed by atoms with Crippen LogP contribution in [-0.4, -0.2) is 27.8 Å². The third-order valence-electron chi connectivity index (χ3n) is 7.23. The zero-order chi connectivity index (χ0) is 24.4. The lowest BCUT2D eigenvalue weighted by atomic mass is 10.2. The van der Waals surface area contributed by atoms with E-state index in [-0.39, 0.29) is 11.8 Å². The molecule has 2 atom stereocenters. The third kappa shape index (κ3) is 3.93. The van der Waals surface area contributed by atoms with E-state index in [1.807, 2.05) is 19.1 Å². The number of pyridine rings is 1. The summed E-state index contributed by atoms with van der Waals surface area (Å²) in [6.45, 7) is 2.48. The molecular formula is C27H26N6O2S. The second kappa shape index (κ2) is 7.89. The van der Waals surface area contributed by atoms with E-state index in [0.717, 1.165) is 35.0 Å². The second-order valence-corrected chi connectivity index (χ2v) is 11.8. The van der Waals surface area contributed by atoms with Crippen molar-refractivity contribution in [3.8, 4) is 0 Å². The van der Waals surface area contributed by atoms with Crippen molar-refractivity contribution < 1.29 is 8.42 Å². The van der Waals surface area contributed by atoms with Gasteiger partial charge in [-0.3, -0.25) is 0 Å². The SMILES string of the molecule is Cc1ccnc([C@H]2C[C@@H]2C2=CS(=O)(=O)c3ccc(NCc4cn5cc(C6CC6)ccc5n4)cc3N2)n1. The molecule has 4 heterocycles. The van der Waals surface area contributed by atoms with Gasteiger partial charge in [-0.25, -0.2) is 23.4 Å². The van der Waals surface area contributed by atoms with Crippen LogP contribution in [0.3, 0.4) is 0 Å². The van der Waals surface area contributed by atoms with Crippen LogP contribution in [0.4, 0.5) is 11.4 Å². The van der Waals surface area contributed by atoms with Crippen molar-refractivity contribution in [1.82, 2.24) is 19.4 Å². The van der Waals surface area contributed by atoms with Gasteiger partial charge in [0.1, 0.15) is 11.5 Å². The van der Waals surface area contributed by atoms with Gasteiger partial charge in [-0.2, -0.15) is 0 Å². The predicted octanol–water partition coefficient (Wildman–Crippen LogP) is 4.77. The van der Waals surface area contributed by atoms with Crippen LogP contribution < -0.4 is 10.6 Å². The molecule has 0 unspecified atom stereocenters. The molecule has 4 aromatic rings. The maximum Gasteiger partial charge on any atom is 0.203 e. The molecule has 1 aromatic carbocycles. The minimum atomic E-state index is -3.53. The summed E-state index contributed by atoms with van der Waals surface area (Å²) in [5, 5.41) is 8.15.